The van der Waals surface area contributed by atoms with Gasteiger partial charge in [-0.1, -0.05) is 11.2 Å². The van der Waals surface area contributed by atoms with Crippen LogP contribution in [0.3, 0.4) is 0 Å². The van der Waals surface area contributed by atoms with E-state index in [4.69, 9.17) is 19.2 Å². The van der Waals surface area contributed by atoms with Gasteiger partial charge in [0.05, 0.1) is 10.3 Å². The van der Waals surface area contributed by atoms with E-state index in [2.05, 4.69) is 24.0 Å². The third-order valence-electron chi connectivity index (χ3n) is 4.59. The van der Waals surface area contributed by atoms with Crippen molar-refractivity contribution in [1.29, 1.82) is 0 Å². The Balaban J connectivity index is 1.55. The maximum absolute atomic E-state index is 6.22. The molecule has 1 aromatic carbocycles. The second kappa shape index (κ2) is 7.06. The average molecular weight is 421 g/mol. The highest BCUT2D eigenvalue weighted by Crippen LogP contribution is 2.38. The lowest BCUT2D eigenvalue weighted by Crippen LogP contribution is -1.94. The Hall–Kier alpha value is -3.10. The van der Waals surface area contributed by atoms with E-state index in [0.29, 0.717) is 29.2 Å². The fraction of sp³-hybridized carbons (Fsp3) is 0.143. The van der Waals surface area contributed by atoms with E-state index in [1.165, 1.54) is 4.88 Å². The Kier molecular flexibility index (Phi) is 4.37. The standard InChI is InChI=1S/C21H16N4O2S2/c1-11-12(2)29-21-17(11)20(23-19(24-21)16-5-4-10-28-16)26-15-8-6-14(7-9-15)18-22-13(3)27-25-18/h4-10H,1-3H3. The van der Waals surface area contributed by atoms with E-state index in [1.54, 1.807) is 29.6 Å². The van der Waals surface area contributed by atoms with Crippen molar-refractivity contribution in [2.24, 2.45) is 0 Å². The fourth-order valence-corrected chi connectivity index (χ4v) is 4.68. The highest BCUT2D eigenvalue weighted by molar-refractivity contribution is 7.18. The molecule has 144 valence electrons. The lowest BCUT2D eigenvalue weighted by Gasteiger charge is -2.09. The first kappa shape index (κ1) is 18.0. The molecular formula is C21H16N4O2S2. The summed E-state index contributed by atoms with van der Waals surface area (Å²) in [5.41, 5.74) is 2.01. The second-order valence-electron chi connectivity index (χ2n) is 6.56. The molecule has 0 aliphatic rings. The minimum absolute atomic E-state index is 0.535. The summed E-state index contributed by atoms with van der Waals surface area (Å²) < 4.78 is 11.3. The summed E-state index contributed by atoms with van der Waals surface area (Å²) in [5.74, 6) is 3.04. The van der Waals surface area contributed by atoms with Crippen molar-refractivity contribution in [2.45, 2.75) is 20.8 Å². The molecule has 8 heteroatoms. The minimum Gasteiger partial charge on any atom is -0.438 e. The van der Waals surface area contributed by atoms with E-state index in [-0.39, 0.29) is 0 Å². The summed E-state index contributed by atoms with van der Waals surface area (Å²) in [4.78, 5) is 16.9. The lowest BCUT2D eigenvalue weighted by atomic mass is 10.2. The van der Waals surface area contributed by atoms with Crippen molar-refractivity contribution in [2.75, 3.05) is 0 Å². The molecule has 0 atom stereocenters. The SMILES string of the molecule is Cc1nc(-c2ccc(Oc3nc(-c4cccs4)nc4sc(C)c(C)c34)cc2)no1. The minimum atomic E-state index is 0.535. The Morgan fingerprint density at radius 2 is 1.76 bits per heavy atom. The average Bonchev–Trinajstić information content (AvgIpc) is 3.44. The molecule has 0 aliphatic carbocycles. The molecule has 0 radical (unpaired) electrons. The Morgan fingerprint density at radius 3 is 2.45 bits per heavy atom. The molecule has 0 aliphatic heterocycles. The number of ether oxygens (including phenoxy) is 1. The van der Waals surface area contributed by atoms with Crippen LogP contribution in [0.2, 0.25) is 0 Å². The predicted molar refractivity (Wildman–Crippen MR) is 115 cm³/mol. The smallest absolute Gasteiger partial charge is 0.231 e. The number of rotatable bonds is 4. The van der Waals surface area contributed by atoms with Gasteiger partial charge in [-0.15, -0.1) is 22.7 Å². The molecule has 6 nitrogen and oxygen atoms in total. The molecule has 4 aromatic heterocycles. The zero-order valence-electron chi connectivity index (χ0n) is 16.0. The van der Waals surface area contributed by atoms with Crippen LogP contribution in [0.25, 0.3) is 32.3 Å². The first-order valence-electron chi connectivity index (χ1n) is 8.98. The maximum atomic E-state index is 6.22. The Morgan fingerprint density at radius 1 is 0.931 bits per heavy atom. The van der Waals surface area contributed by atoms with E-state index >= 15 is 0 Å². The molecule has 0 unspecified atom stereocenters. The molecule has 0 amide bonds. The molecule has 0 N–H and O–H groups in total. The first-order valence-corrected chi connectivity index (χ1v) is 10.7. The van der Waals surface area contributed by atoms with Gasteiger partial charge < -0.3 is 9.26 Å². The molecule has 0 bridgehead atoms. The van der Waals surface area contributed by atoms with E-state index in [9.17, 15) is 0 Å². The number of benzene rings is 1. The van der Waals surface area contributed by atoms with Crippen LogP contribution in [0.5, 0.6) is 11.6 Å². The number of hydrogen-bond acceptors (Lipinski definition) is 8. The summed E-state index contributed by atoms with van der Waals surface area (Å²) in [6.07, 6.45) is 0. The summed E-state index contributed by atoms with van der Waals surface area (Å²) in [6.45, 7) is 5.94. The van der Waals surface area contributed by atoms with Gasteiger partial charge in [-0.25, -0.2) is 4.98 Å². The third kappa shape index (κ3) is 3.30. The highest BCUT2D eigenvalue weighted by Gasteiger charge is 2.18. The Labute approximate surface area is 174 Å². The van der Waals surface area contributed by atoms with Gasteiger partial charge in [0.1, 0.15) is 10.6 Å². The van der Waals surface area contributed by atoms with Crippen LogP contribution in [0.15, 0.2) is 46.3 Å². The summed E-state index contributed by atoms with van der Waals surface area (Å²) in [7, 11) is 0. The van der Waals surface area contributed by atoms with Crippen LogP contribution in [0, 0.1) is 20.8 Å². The first-order chi connectivity index (χ1) is 14.1. The van der Waals surface area contributed by atoms with Gasteiger partial charge in [0.2, 0.25) is 17.6 Å². The number of thiophene rings is 2. The van der Waals surface area contributed by atoms with Gasteiger partial charge in [-0.3, -0.25) is 0 Å². The number of nitrogens with zero attached hydrogens (tertiary/aromatic N) is 4. The van der Waals surface area contributed by atoms with Crippen molar-refractivity contribution >= 4 is 32.9 Å². The third-order valence-corrected chi connectivity index (χ3v) is 6.56. The molecule has 0 spiro atoms. The van der Waals surface area contributed by atoms with Crippen molar-refractivity contribution in [3.05, 3.63) is 58.1 Å². The van der Waals surface area contributed by atoms with E-state index in [0.717, 1.165) is 26.2 Å². The second-order valence-corrected chi connectivity index (χ2v) is 8.71. The summed E-state index contributed by atoms with van der Waals surface area (Å²) in [5, 5.41) is 6.93. The van der Waals surface area contributed by atoms with E-state index in [1.807, 2.05) is 41.8 Å². The van der Waals surface area contributed by atoms with Crippen molar-refractivity contribution in [3.8, 4) is 33.7 Å². The molecule has 4 heterocycles. The molecule has 29 heavy (non-hydrogen) atoms. The largest absolute Gasteiger partial charge is 0.438 e. The summed E-state index contributed by atoms with van der Waals surface area (Å²) in [6, 6.07) is 11.6. The molecular weight excluding hydrogens is 404 g/mol. The van der Waals surface area contributed by atoms with Gasteiger partial charge >= 0.3 is 0 Å². The van der Waals surface area contributed by atoms with Crippen LogP contribution >= 0.6 is 22.7 Å². The highest BCUT2D eigenvalue weighted by atomic mass is 32.1. The van der Waals surface area contributed by atoms with Gasteiger partial charge in [0, 0.05) is 17.4 Å². The zero-order chi connectivity index (χ0) is 20.0. The van der Waals surface area contributed by atoms with Crippen molar-refractivity contribution < 1.29 is 9.26 Å². The fourth-order valence-electron chi connectivity index (χ4n) is 3.00. The quantitative estimate of drug-likeness (QED) is 0.345. The van der Waals surface area contributed by atoms with E-state index < -0.39 is 0 Å². The van der Waals surface area contributed by atoms with Gasteiger partial charge in [0.25, 0.3) is 0 Å². The Bertz CT molecular complexity index is 1300. The number of fused-ring (bicyclic) bond motifs is 1. The van der Waals surface area contributed by atoms with Crippen LogP contribution in [0.4, 0.5) is 0 Å². The molecule has 0 saturated heterocycles. The predicted octanol–water partition coefficient (Wildman–Crippen LogP) is 6.19. The van der Waals surface area contributed by atoms with Crippen LogP contribution < -0.4 is 4.74 Å². The van der Waals surface area contributed by atoms with Crippen LogP contribution in [0.1, 0.15) is 16.3 Å². The monoisotopic (exact) mass is 420 g/mol. The number of hydrogen-bond donors (Lipinski definition) is 0. The van der Waals surface area contributed by atoms with Crippen LogP contribution in [-0.4, -0.2) is 20.1 Å². The van der Waals surface area contributed by atoms with Gasteiger partial charge in [-0.2, -0.15) is 9.97 Å². The molecule has 0 fully saturated rings. The van der Waals surface area contributed by atoms with Crippen LogP contribution in [-0.2, 0) is 0 Å². The maximum Gasteiger partial charge on any atom is 0.231 e. The van der Waals surface area contributed by atoms with Crippen molar-refractivity contribution in [1.82, 2.24) is 20.1 Å². The van der Waals surface area contributed by atoms with Crippen molar-refractivity contribution in [3.63, 3.8) is 0 Å². The molecule has 0 saturated carbocycles. The topological polar surface area (TPSA) is 73.9 Å². The number of aromatic nitrogens is 4. The van der Waals surface area contributed by atoms with Gasteiger partial charge in [0.15, 0.2) is 5.82 Å². The molecule has 5 rings (SSSR count). The zero-order valence-corrected chi connectivity index (χ0v) is 17.6. The lowest BCUT2D eigenvalue weighted by molar-refractivity contribution is 0.394. The molecule has 5 aromatic rings. The summed E-state index contributed by atoms with van der Waals surface area (Å²) >= 11 is 3.28. The normalized spacial score (nSPS) is 11.3. The van der Waals surface area contributed by atoms with Gasteiger partial charge in [-0.05, 0) is 55.1 Å². The number of aryl methyl sites for hydroxylation is 3.